The lowest BCUT2D eigenvalue weighted by Crippen LogP contribution is -2.40. The summed E-state index contributed by atoms with van der Waals surface area (Å²) in [6, 6.07) is 3.46. The summed E-state index contributed by atoms with van der Waals surface area (Å²) >= 11 is 8.13. The van der Waals surface area contributed by atoms with Crippen LogP contribution in [0.4, 0.5) is 10.5 Å². The fourth-order valence-electron chi connectivity index (χ4n) is 1.20. The molecule has 0 aromatic heterocycles. The summed E-state index contributed by atoms with van der Waals surface area (Å²) in [5.41, 5.74) is 6.74. The molecule has 1 amide bonds. The SMILES string of the molecule is CC(C)(C)NC(=O)OCc1cc(I)c(N)cc1Cl. The van der Waals surface area contributed by atoms with Crippen LogP contribution >= 0.6 is 34.2 Å². The van der Waals surface area contributed by atoms with E-state index in [1.54, 1.807) is 6.07 Å². The molecule has 0 aliphatic heterocycles. The quantitative estimate of drug-likeness (QED) is 0.607. The number of nitrogen functional groups attached to an aromatic ring is 1. The summed E-state index contributed by atoms with van der Waals surface area (Å²) in [6.45, 7) is 5.77. The zero-order valence-electron chi connectivity index (χ0n) is 10.5. The Labute approximate surface area is 125 Å². The maximum Gasteiger partial charge on any atom is 0.407 e. The number of nitrogens with two attached hydrogens (primary N) is 1. The Hall–Kier alpha value is -0.690. The maximum atomic E-state index is 11.5. The van der Waals surface area contributed by atoms with Gasteiger partial charge in [-0.2, -0.15) is 0 Å². The summed E-state index contributed by atoms with van der Waals surface area (Å²) < 4.78 is 5.98. The molecule has 0 saturated heterocycles. The number of carbonyl (C=O) groups is 1. The molecule has 0 aliphatic rings. The Morgan fingerprint density at radius 3 is 2.67 bits per heavy atom. The first-order valence-electron chi connectivity index (χ1n) is 5.37. The predicted molar refractivity (Wildman–Crippen MR) is 81.7 cm³/mol. The summed E-state index contributed by atoms with van der Waals surface area (Å²) in [5.74, 6) is 0. The third-order valence-electron chi connectivity index (χ3n) is 2.00. The van der Waals surface area contributed by atoms with Crippen molar-refractivity contribution in [3.63, 3.8) is 0 Å². The van der Waals surface area contributed by atoms with E-state index in [9.17, 15) is 4.79 Å². The summed E-state index contributed by atoms with van der Waals surface area (Å²) in [7, 11) is 0. The van der Waals surface area contributed by atoms with Crippen LogP contribution in [-0.2, 0) is 11.3 Å². The third-order valence-corrected chi connectivity index (χ3v) is 3.29. The molecular formula is C12H16ClIN2O2. The van der Waals surface area contributed by atoms with Crippen molar-refractivity contribution in [3.05, 3.63) is 26.3 Å². The minimum atomic E-state index is -0.467. The highest BCUT2D eigenvalue weighted by Crippen LogP contribution is 2.25. The largest absolute Gasteiger partial charge is 0.445 e. The molecule has 6 heteroatoms. The van der Waals surface area contributed by atoms with Gasteiger partial charge in [-0.25, -0.2) is 4.79 Å². The first-order valence-corrected chi connectivity index (χ1v) is 6.83. The number of carbonyl (C=O) groups excluding carboxylic acids is 1. The number of ether oxygens (including phenoxy) is 1. The second-order valence-electron chi connectivity index (χ2n) is 4.92. The van der Waals surface area contributed by atoms with Gasteiger partial charge in [0.05, 0.1) is 0 Å². The molecule has 4 nitrogen and oxygen atoms in total. The fourth-order valence-corrected chi connectivity index (χ4v) is 1.96. The second kappa shape index (κ2) is 5.97. The van der Waals surface area contributed by atoms with Crippen LogP contribution in [0, 0.1) is 3.57 Å². The average Bonchev–Trinajstić information content (AvgIpc) is 2.19. The molecule has 3 N–H and O–H groups in total. The zero-order valence-corrected chi connectivity index (χ0v) is 13.4. The number of benzene rings is 1. The molecule has 0 heterocycles. The highest BCUT2D eigenvalue weighted by Gasteiger charge is 2.15. The monoisotopic (exact) mass is 382 g/mol. The normalized spacial score (nSPS) is 11.2. The van der Waals surface area contributed by atoms with Gasteiger partial charge in [-0.05, 0) is 55.5 Å². The van der Waals surface area contributed by atoms with Gasteiger partial charge in [0, 0.05) is 25.4 Å². The van der Waals surface area contributed by atoms with E-state index in [-0.39, 0.29) is 12.1 Å². The van der Waals surface area contributed by atoms with Crippen molar-refractivity contribution in [1.29, 1.82) is 0 Å². The van der Waals surface area contributed by atoms with Gasteiger partial charge >= 0.3 is 6.09 Å². The summed E-state index contributed by atoms with van der Waals surface area (Å²) in [4.78, 5) is 11.5. The highest BCUT2D eigenvalue weighted by atomic mass is 127. The number of hydrogen-bond donors (Lipinski definition) is 2. The Kier molecular flexibility index (Phi) is 5.10. The number of rotatable bonds is 2. The maximum absolute atomic E-state index is 11.5. The topological polar surface area (TPSA) is 64.3 Å². The van der Waals surface area contributed by atoms with Gasteiger partial charge in [0.2, 0.25) is 0 Å². The van der Waals surface area contributed by atoms with E-state index in [4.69, 9.17) is 22.1 Å². The first-order chi connectivity index (χ1) is 8.19. The number of alkyl carbamates (subject to hydrolysis) is 1. The molecule has 0 spiro atoms. The van der Waals surface area contributed by atoms with E-state index in [1.807, 2.05) is 26.8 Å². The number of nitrogens with one attached hydrogen (secondary N) is 1. The van der Waals surface area contributed by atoms with Crippen molar-refractivity contribution >= 4 is 46.0 Å². The molecule has 1 aromatic rings. The van der Waals surface area contributed by atoms with Gasteiger partial charge in [0.25, 0.3) is 0 Å². The van der Waals surface area contributed by atoms with Gasteiger partial charge < -0.3 is 15.8 Å². The lowest BCUT2D eigenvalue weighted by Gasteiger charge is -2.20. The number of anilines is 1. The molecule has 0 radical (unpaired) electrons. The van der Waals surface area contributed by atoms with Crippen LogP contribution in [0.5, 0.6) is 0 Å². The van der Waals surface area contributed by atoms with Crippen LogP contribution in [0.3, 0.4) is 0 Å². The van der Waals surface area contributed by atoms with Crippen LogP contribution in [0.2, 0.25) is 5.02 Å². The Morgan fingerprint density at radius 1 is 1.50 bits per heavy atom. The number of amides is 1. The van der Waals surface area contributed by atoms with Crippen molar-refractivity contribution < 1.29 is 9.53 Å². The summed E-state index contributed by atoms with van der Waals surface area (Å²) in [5, 5.41) is 3.20. The zero-order chi connectivity index (χ0) is 13.9. The Morgan fingerprint density at radius 2 is 2.11 bits per heavy atom. The fraction of sp³-hybridized carbons (Fsp3) is 0.417. The van der Waals surface area contributed by atoms with Gasteiger partial charge in [-0.1, -0.05) is 11.6 Å². The second-order valence-corrected chi connectivity index (χ2v) is 6.49. The molecule has 0 atom stereocenters. The van der Waals surface area contributed by atoms with Crippen molar-refractivity contribution in [3.8, 4) is 0 Å². The predicted octanol–water partition coefficient (Wildman–Crippen LogP) is 3.55. The van der Waals surface area contributed by atoms with Gasteiger partial charge in [-0.15, -0.1) is 0 Å². The minimum absolute atomic E-state index is 0.122. The average molecular weight is 383 g/mol. The molecule has 0 unspecified atom stereocenters. The highest BCUT2D eigenvalue weighted by molar-refractivity contribution is 14.1. The molecular weight excluding hydrogens is 367 g/mol. The van der Waals surface area contributed by atoms with Crippen LogP contribution in [0.25, 0.3) is 0 Å². The van der Waals surface area contributed by atoms with E-state index >= 15 is 0 Å². The molecule has 100 valence electrons. The van der Waals surface area contributed by atoms with E-state index in [0.29, 0.717) is 10.7 Å². The lowest BCUT2D eigenvalue weighted by atomic mass is 10.1. The Bertz CT molecular complexity index is 458. The molecule has 0 bridgehead atoms. The first kappa shape index (κ1) is 15.4. The number of hydrogen-bond acceptors (Lipinski definition) is 3. The van der Waals surface area contributed by atoms with E-state index in [1.165, 1.54) is 0 Å². The standard InChI is InChI=1S/C12H16ClIN2O2/c1-12(2,3)16-11(17)18-6-7-4-9(14)10(15)5-8(7)13/h4-5H,6,15H2,1-3H3,(H,16,17). The van der Waals surface area contributed by atoms with Crippen LogP contribution in [0.1, 0.15) is 26.3 Å². The van der Waals surface area contributed by atoms with Crippen LogP contribution < -0.4 is 11.1 Å². The smallest absolute Gasteiger partial charge is 0.407 e. The van der Waals surface area contributed by atoms with E-state index in [0.717, 1.165) is 9.13 Å². The Balaban J connectivity index is 2.64. The molecule has 1 aromatic carbocycles. The minimum Gasteiger partial charge on any atom is -0.445 e. The van der Waals surface area contributed by atoms with Crippen LogP contribution in [-0.4, -0.2) is 11.6 Å². The number of halogens is 2. The van der Waals surface area contributed by atoms with Crippen molar-refractivity contribution in [2.75, 3.05) is 5.73 Å². The molecule has 0 aliphatic carbocycles. The van der Waals surface area contributed by atoms with Crippen molar-refractivity contribution in [2.45, 2.75) is 32.9 Å². The lowest BCUT2D eigenvalue weighted by molar-refractivity contribution is 0.131. The molecule has 1 rings (SSSR count). The molecule has 0 saturated carbocycles. The molecule has 0 fully saturated rings. The van der Waals surface area contributed by atoms with E-state index in [2.05, 4.69) is 27.9 Å². The van der Waals surface area contributed by atoms with Gasteiger partial charge in [0.15, 0.2) is 0 Å². The van der Waals surface area contributed by atoms with Gasteiger partial charge in [0.1, 0.15) is 6.61 Å². The van der Waals surface area contributed by atoms with Gasteiger partial charge in [-0.3, -0.25) is 0 Å². The third kappa shape index (κ3) is 4.89. The van der Waals surface area contributed by atoms with Crippen LogP contribution in [0.15, 0.2) is 12.1 Å². The van der Waals surface area contributed by atoms with E-state index < -0.39 is 6.09 Å². The van der Waals surface area contributed by atoms with Crippen molar-refractivity contribution in [1.82, 2.24) is 5.32 Å². The summed E-state index contributed by atoms with van der Waals surface area (Å²) in [6.07, 6.45) is -0.467. The molecule has 18 heavy (non-hydrogen) atoms. The van der Waals surface area contributed by atoms with Crippen molar-refractivity contribution in [2.24, 2.45) is 0 Å².